The normalized spacial score (nSPS) is 28.3. The highest BCUT2D eigenvalue weighted by Gasteiger charge is 2.60. The monoisotopic (exact) mass is 448 g/mol. The van der Waals surface area contributed by atoms with E-state index in [9.17, 15) is 9.00 Å². The van der Waals surface area contributed by atoms with Crippen LogP contribution in [-0.2, 0) is 20.7 Å². The Morgan fingerprint density at radius 3 is 2.65 bits per heavy atom. The maximum atomic E-state index is 13.7. The molecule has 0 aliphatic carbocycles. The standard InChI is InChI=1S/C22H32N4O4S/c1-4-29-21(27)22-10-5-18(15-24(16-22)17(2)3)26(22)31(28)25-13-8-20(9-14-25)30-19-6-11-23-12-7-19/h6-7,11-12,18,20H,2,4-5,8-10,13-16H2,1,3H3. The number of fused-ring (bicyclic) bond motifs is 2. The predicted octanol–water partition coefficient (Wildman–Crippen LogP) is 2.12. The fourth-order valence-electron chi connectivity index (χ4n) is 4.86. The van der Waals surface area contributed by atoms with Gasteiger partial charge in [-0.3, -0.25) is 4.98 Å². The minimum absolute atomic E-state index is 0.0430. The van der Waals surface area contributed by atoms with Crippen LogP contribution in [0.4, 0.5) is 0 Å². The van der Waals surface area contributed by atoms with Crippen molar-refractivity contribution in [3.05, 3.63) is 36.8 Å². The Labute approximate surface area is 186 Å². The van der Waals surface area contributed by atoms with Gasteiger partial charge in [0, 0.05) is 50.3 Å². The van der Waals surface area contributed by atoms with Gasteiger partial charge in [0.05, 0.1) is 6.61 Å². The largest absolute Gasteiger partial charge is 0.490 e. The molecule has 9 heteroatoms. The van der Waals surface area contributed by atoms with Crippen molar-refractivity contribution in [2.75, 3.05) is 32.8 Å². The van der Waals surface area contributed by atoms with Gasteiger partial charge in [0.2, 0.25) is 0 Å². The van der Waals surface area contributed by atoms with Gasteiger partial charge >= 0.3 is 5.97 Å². The van der Waals surface area contributed by atoms with Gasteiger partial charge in [0.15, 0.2) is 11.2 Å². The third-order valence-electron chi connectivity index (χ3n) is 6.47. The summed E-state index contributed by atoms with van der Waals surface area (Å²) in [4.78, 5) is 19.3. The van der Waals surface area contributed by atoms with Crippen LogP contribution in [0, 0.1) is 0 Å². The third-order valence-corrected chi connectivity index (χ3v) is 8.26. The average Bonchev–Trinajstić information content (AvgIpc) is 3.01. The summed E-state index contributed by atoms with van der Waals surface area (Å²) < 4.78 is 29.2. The molecule has 4 rings (SSSR count). The second-order valence-corrected chi connectivity index (χ2v) is 9.92. The van der Waals surface area contributed by atoms with E-state index in [2.05, 4.69) is 16.5 Å². The van der Waals surface area contributed by atoms with Crippen LogP contribution in [0.1, 0.15) is 39.5 Å². The van der Waals surface area contributed by atoms with E-state index in [0.717, 1.165) is 37.3 Å². The number of rotatable bonds is 7. The maximum Gasteiger partial charge on any atom is 0.329 e. The van der Waals surface area contributed by atoms with Gasteiger partial charge in [-0.2, -0.15) is 4.31 Å². The van der Waals surface area contributed by atoms with Crippen LogP contribution in [0.5, 0.6) is 5.75 Å². The molecule has 3 aliphatic heterocycles. The first-order valence-electron chi connectivity index (χ1n) is 11.1. The van der Waals surface area contributed by atoms with Gasteiger partial charge in [-0.1, -0.05) is 6.58 Å². The molecular formula is C22H32N4O4S. The van der Waals surface area contributed by atoms with E-state index in [-0.39, 0.29) is 18.1 Å². The summed E-state index contributed by atoms with van der Waals surface area (Å²) in [5.41, 5.74) is 0.0488. The highest BCUT2D eigenvalue weighted by atomic mass is 32.2. The predicted molar refractivity (Wildman–Crippen MR) is 118 cm³/mol. The van der Waals surface area contributed by atoms with Crippen molar-refractivity contribution < 1.29 is 18.5 Å². The molecule has 1 aromatic rings. The lowest BCUT2D eigenvalue weighted by atomic mass is 9.96. The van der Waals surface area contributed by atoms with Gasteiger partial charge in [-0.15, -0.1) is 0 Å². The number of hydrogen-bond donors (Lipinski definition) is 0. The highest BCUT2D eigenvalue weighted by Crippen LogP contribution is 2.43. The van der Waals surface area contributed by atoms with Crippen molar-refractivity contribution in [2.24, 2.45) is 0 Å². The first kappa shape index (κ1) is 22.2. The number of ether oxygens (including phenoxy) is 2. The van der Waals surface area contributed by atoms with Gasteiger partial charge in [0.25, 0.3) is 0 Å². The highest BCUT2D eigenvalue weighted by molar-refractivity contribution is 7.80. The molecule has 2 bridgehead atoms. The van der Waals surface area contributed by atoms with Gasteiger partial charge in [-0.25, -0.2) is 13.3 Å². The molecular weight excluding hydrogens is 416 g/mol. The minimum Gasteiger partial charge on any atom is -0.490 e. The van der Waals surface area contributed by atoms with Crippen molar-refractivity contribution in [3.8, 4) is 5.75 Å². The van der Waals surface area contributed by atoms with Crippen LogP contribution in [0.2, 0.25) is 0 Å². The molecule has 1 aromatic heterocycles. The molecule has 8 nitrogen and oxygen atoms in total. The fraction of sp³-hybridized carbons (Fsp3) is 0.636. The maximum absolute atomic E-state index is 13.7. The molecule has 0 N–H and O–H groups in total. The van der Waals surface area contributed by atoms with Crippen molar-refractivity contribution in [2.45, 2.75) is 57.2 Å². The number of piperazine rings is 1. The van der Waals surface area contributed by atoms with Crippen LogP contribution in [0.3, 0.4) is 0 Å². The number of likely N-dealkylation sites (tertiary alicyclic amines) is 1. The van der Waals surface area contributed by atoms with Crippen LogP contribution in [0.25, 0.3) is 0 Å². The minimum atomic E-state index is -1.40. The lowest BCUT2D eigenvalue weighted by Gasteiger charge is -2.48. The summed E-state index contributed by atoms with van der Waals surface area (Å²) in [5, 5.41) is 0. The van der Waals surface area contributed by atoms with Crippen molar-refractivity contribution >= 4 is 17.1 Å². The molecule has 170 valence electrons. The fourth-order valence-corrected chi connectivity index (χ4v) is 6.58. The first-order valence-corrected chi connectivity index (χ1v) is 12.1. The molecule has 0 amide bonds. The topological polar surface area (TPSA) is 75.2 Å². The van der Waals surface area contributed by atoms with Gasteiger partial charge in [0.1, 0.15) is 17.4 Å². The summed E-state index contributed by atoms with van der Waals surface area (Å²) in [6.45, 7) is 10.7. The molecule has 3 atom stereocenters. The van der Waals surface area contributed by atoms with E-state index in [4.69, 9.17) is 9.47 Å². The number of nitrogens with zero attached hydrogens (tertiary/aromatic N) is 4. The molecule has 0 spiro atoms. The van der Waals surface area contributed by atoms with E-state index in [0.29, 0.717) is 32.7 Å². The number of esters is 1. The Hall–Kier alpha value is -1.97. The Bertz CT molecular complexity index is 830. The summed E-state index contributed by atoms with van der Waals surface area (Å²) in [7, 11) is 0. The molecule has 3 unspecified atom stereocenters. The zero-order chi connectivity index (χ0) is 22.0. The van der Waals surface area contributed by atoms with E-state index in [1.165, 1.54) is 0 Å². The summed E-state index contributed by atoms with van der Waals surface area (Å²) in [6.07, 6.45) is 6.59. The zero-order valence-corrected chi connectivity index (χ0v) is 19.2. The quantitative estimate of drug-likeness (QED) is 0.595. The summed E-state index contributed by atoms with van der Waals surface area (Å²) in [6, 6.07) is 3.75. The SMILES string of the molecule is C=C(C)N1CC2CCC(C(=O)OCC)(C1)N2S(=O)N1CCC(Oc2ccncc2)CC1. The van der Waals surface area contributed by atoms with Crippen molar-refractivity contribution in [1.29, 1.82) is 0 Å². The number of hydrogen-bond acceptors (Lipinski definition) is 6. The number of aromatic nitrogens is 1. The Morgan fingerprint density at radius 1 is 1.29 bits per heavy atom. The molecule has 0 radical (unpaired) electrons. The van der Waals surface area contributed by atoms with Crippen molar-refractivity contribution in [3.63, 3.8) is 0 Å². The van der Waals surface area contributed by atoms with Crippen LogP contribution in [-0.4, -0.2) is 79.1 Å². The number of carbonyl (C=O) groups is 1. The Kier molecular flexibility index (Phi) is 6.64. The van der Waals surface area contributed by atoms with Crippen LogP contribution >= 0.6 is 0 Å². The molecule has 31 heavy (non-hydrogen) atoms. The summed E-state index contributed by atoms with van der Waals surface area (Å²) >= 11 is -1.40. The van der Waals surface area contributed by atoms with Gasteiger partial charge in [-0.05, 0) is 51.7 Å². The number of pyridine rings is 1. The molecule has 3 aliphatic rings. The second-order valence-electron chi connectivity index (χ2n) is 8.55. The van der Waals surface area contributed by atoms with E-state index < -0.39 is 16.7 Å². The first-order chi connectivity index (χ1) is 14.9. The number of allylic oxidation sites excluding steroid dienone is 1. The molecule has 3 fully saturated rings. The number of piperidine rings is 1. The van der Waals surface area contributed by atoms with Gasteiger partial charge < -0.3 is 14.4 Å². The van der Waals surface area contributed by atoms with Crippen LogP contribution < -0.4 is 4.74 Å². The smallest absolute Gasteiger partial charge is 0.329 e. The summed E-state index contributed by atoms with van der Waals surface area (Å²) in [5.74, 6) is 0.539. The van der Waals surface area contributed by atoms with E-state index in [1.54, 1.807) is 12.4 Å². The molecule has 0 saturated carbocycles. The molecule has 3 saturated heterocycles. The number of carbonyl (C=O) groups excluding carboxylic acids is 1. The third kappa shape index (κ3) is 4.36. The van der Waals surface area contributed by atoms with E-state index >= 15 is 0 Å². The molecule has 4 heterocycles. The lowest BCUT2D eigenvalue weighted by Crippen LogP contribution is -2.67. The Morgan fingerprint density at radius 2 is 2.00 bits per heavy atom. The lowest BCUT2D eigenvalue weighted by molar-refractivity contribution is -0.156. The molecule has 0 aromatic carbocycles. The Balaban J connectivity index is 1.46. The van der Waals surface area contributed by atoms with Crippen molar-refractivity contribution in [1.82, 2.24) is 18.5 Å². The van der Waals surface area contributed by atoms with E-state index in [1.807, 2.05) is 34.6 Å². The second kappa shape index (κ2) is 9.26. The van der Waals surface area contributed by atoms with Crippen LogP contribution in [0.15, 0.2) is 36.8 Å². The zero-order valence-electron chi connectivity index (χ0n) is 18.4. The average molecular weight is 449 g/mol.